The molecule has 0 aromatic carbocycles. The van der Waals surface area contributed by atoms with Gasteiger partial charge >= 0.3 is 19.3 Å². The zero-order chi connectivity index (χ0) is 36.1. The number of hydrogen-bond acceptors (Lipinski definition) is 12. The van der Waals surface area contributed by atoms with Crippen molar-refractivity contribution in [2.45, 2.75) is 91.6 Å². The van der Waals surface area contributed by atoms with Gasteiger partial charge in [0, 0.05) is 64.4 Å². The third-order valence-corrected chi connectivity index (χ3v) is 7.12. The maximum Gasteiger partial charge on any atom is 0.498 e. The molecule has 4 aromatic heterocycles. The molecule has 1 fully saturated rings. The van der Waals surface area contributed by atoms with E-state index in [1.165, 1.54) is 0 Å². The minimum atomic E-state index is -0.562. The van der Waals surface area contributed by atoms with Crippen molar-refractivity contribution in [1.29, 1.82) is 0 Å². The Bertz CT molecular complexity index is 1680. The Morgan fingerprint density at radius 1 is 0.729 bits per heavy atom. The zero-order valence-electron chi connectivity index (χ0n) is 29.0. The lowest BCUT2D eigenvalue weighted by Crippen LogP contribution is -2.41. The average molecular weight is 727 g/mol. The molecule has 0 atom stereocenters. The second kappa shape index (κ2) is 14.9. The summed E-state index contributed by atoms with van der Waals surface area (Å²) in [7, 11) is -0.536. The summed E-state index contributed by atoms with van der Waals surface area (Å²) in [4.78, 5) is 31.6. The molecule has 0 saturated carbocycles. The number of ether oxygens (including phenoxy) is 2. The van der Waals surface area contributed by atoms with E-state index in [9.17, 15) is 9.59 Å². The number of carbonyl (C=O) groups is 2. The summed E-state index contributed by atoms with van der Waals surface area (Å²) < 4.78 is 25.5. The van der Waals surface area contributed by atoms with Gasteiger partial charge in [0.25, 0.3) is 0 Å². The minimum absolute atomic E-state index is 0.425. The first-order valence-electron chi connectivity index (χ1n) is 15.0. The topological polar surface area (TPSA) is 185 Å². The van der Waals surface area contributed by atoms with Crippen molar-refractivity contribution in [3.8, 4) is 11.1 Å². The van der Waals surface area contributed by atoms with Crippen LogP contribution in [0, 0.1) is 0 Å². The third kappa shape index (κ3) is 11.2. The van der Waals surface area contributed by atoms with Crippen molar-refractivity contribution in [3.05, 3.63) is 66.2 Å². The van der Waals surface area contributed by atoms with E-state index in [0.717, 1.165) is 25.0 Å². The van der Waals surface area contributed by atoms with Gasteiger partial charge in [0.2, 0.25) is 0 Å². The van der Waals surface area contributed by atoms with Gasteiger partial charge in [-0.1, -0.05) is 0 Å². The van der Waals surface area contributed by atoms with E-state index in [-0.39, 0.29) is 0 Å². The zero-order valence-corrected chi connectivity index (χ0v) is 30.6. The maximum absolute atomic E-state index is 11.9. The molecular formula is C32H44BBrN8O6. The molecule has 1 aliphatic rings. The molecule has 14 nitrogen and oxygen atoms in total. The van der Waals surface area contributed by atoms with E-state index in [1.54, 1.807) is 82.5 Å². The fraction of sp³-hybridized carbons (Fsp3) is 0.438. The maximum atomic E-state index is 11.9. The van der Waals surface area contributed by atoms with Crippen LogP contribution < -0.4 is 16.9 Å². The molecular weight excluding hydrogens is 683 g/mol. The predicted molar refractivity (Wildman–Crippen MR) is 187 cm³/mol. The Morgan fingerprint density at radius 3 is 1.67 bits per heavy atom. The van der Waals surface area contributed by atoms with E-state index >= 15 is 0 Å². The average Bonchev–Trinajstić information content (AvgIpc) is 3.66. The van der Waals surface area contributed by atoms with Crippen LogP contribution in [-0.4, -0.2) is 71.2 Å². The van der Waals surface area contributed by atoms with Gasteiger partial charge in [0.1, 0.15) is 11.2 Å². The lowest BCUT2D eigenvalue weighted by molar-refractivity contribution is 0.00578. The fourth-order valence-electron chi connectivity index (χ4n) is 3.77. The Hall–Kier alpha value is -4.28. The van der Waals surface area contributed by atoms with E-state index in [2.05, 4.69) is 36.1 Å². The van der Waals surface area contributed by atoms with Crippen molar-refractivity contribution in [1.82, 2.24) is 29.5 Å². The highest BCUT2D eigenvalue weighted by Crippen LogP contribution is 2.36. The SMILES string of the molecule is CC(C)(C)OC(=O)n1cc(-c2cncc(N)c2)cn1.CC(C)(C)OC(=O)n1cc(B2OC(C)(C)C(C)(C)O2)cn1.Nc1cncc(Br)c1. The van der Waals surface area contributed by atoms with Crippen molar-refractivity contribution >= 4 is 52.1 Å². The smallest absolute Gasteiger partial charge is 0.442 e. The highest BCUT2D eigenvalue weighted by molar-refractivity contribution is 9.10. The molecule has 48 heavy (non-hydrogen) atoms. The van der Waals surface area contributed by atoms with Gasteiger partial charge in [0.05, 0.1) is 28.8 Å². The predicted octanol–water partition coefficient (Wildman–Crippen LogP) is 5.70. The van der Waals surface area contributed by atoms with Gasteiger partial charge in [-0.2, -0.15) is 19.6 Å². The van der Waals surface area contributed by atoms with Crippen LogP contribution in [0.4, 0.5) is 21.0 Å². The molecule has 16 heteroatoms. The molecule has 0 unspecified atom stereocenters. The number of anilines is 2. The van der Waals surface area contributed by atoms with Gasteiger partial charge in [-0.25, -0.2) is 9.59 Å². The van der Waals surface area contributed by atoms with Crippen LogP contribution in [0.15, 0.2) is 66.2 Å². The number of halogens is 1. The molecule has 258 valence electrons. The summed E-state index contributed by atoms with van der Waals surface area (Å²) in [5, 5.41) is 8.00. The normalized spacial score (nSPS) is 15.0. The van der Waals surface area contributed by atoms with E-state index in [4.69, 9.17) is 30.2 Å². The second-order valence-electron chi connectivity index (χ2n) is 13.9. The van der Waals surface area contributed by atoms with E-state index in [1.807, 2.05) is 48.5 Å². The lowest BCUT2D eigenvalue weighted by Gasteiger charge is -2.32. The fourth-order valence-corrected chi connectivity index (χ4v) is 4.15. The van der Waals surface area contributed by atoms with Gasteiger partial charge in [-0.3, -0.25) is 9.97 Å². The minimum Gasteiger partial charge on any atom is -0.442 e. The molecule has 0 amide bonds. The van der Waals surface area contributed by atoms with Crippen LogP contribution in [0.3, 0.4) is 0 Å². The third-order valence-electron chi connectivity index (χ3n) is 6.69. The van der Waals surface area contributed by atoms with Crippen LogP contribution in [0.2, 0.25) is 0 Å². The Morgan fingerprint density at radius 2 is 1.21 bits per heavy atom. The van der Waals surface area contributed by atoms with Gasteiger partial charge < -0.3 is 30.2 Å². The van der Waals surface area contributed by atoms with Crippen LogP contribution in [-0.2, 0) is 18.8 Å². The molecule has 0 radical (unpaired) electrons. The van der Waals surface area contributed by atoms with Crippen molar-refractivity contribution in [2.24, 2.45) is 0 Å². The van der Waals surface area contributed by atoms with Crippen LogP contribution >= 0.6 is 15.9 Å². The largest absolute Gasteiger partial charge is 0.498 e. The lowest BCUT2D eigenvalue weighted by atomic mass is 9.82. The van der Waals surface area contributed by atoms with Crippen molar-refractivity contribution in [2.75, 3.05) is 11.5 Å². The number of nitrogen functional groups attached to an aromatic ring is 2. The number of carbonyl (C=O) groups excluding carboxylic acids is 2. The van der Waals surface area contributed by atoms with Crippen LogP contribution in [0.25, 0.3) is 11.1 Å². The van der Waals surface area contributed by atoms with E-state index in [0.29, 0.717) is 16.8 Å². The monoisotopic (exact) mass is 726 g/mol. The number of nitrogens with two attached hydrogens (primary N) is 2. The molecule has 1 aliphatic heterocycles. The number of pyridine rings is 2. The van der Waals surface area contributed by atoms with Crippen molar-refractivity contribution < 1.29 is 28.4 Å². The first kappa shape index (κ1) is 38.2. The molecule has 5 heterocycles. The summed E-state index contributed by atoms with van der Waals surface area (Å²) in [5.74, 6) is 0. The summed E-state index contributed by atoms with van der Waals surface area (Å²) in [6.45, 7) is 18.7. The molecule has 0 bridgehead atoms. The quantitative estimate of drug-likeness (QED) is 0.241. The molecule has 1 saturated heterocycles. The Kier molecular flexibility index (Phi) is 11.8. The number of aromatic nitrogens is 6. The Balaban J connectivity index is 0.000000213. The van der Waals surface area contributed by atoms with Gasteiger partial charge in [0.15, 0.2) is 0 Å². The summed E-state index contributed by atoms with van der Waals surface area (Å²) in [6, 6.07) is 3.57. The number of rotatable bonds is 2. The molecule has 4 aromatic rings. The molecule has 5 rings (SSSR count). The highest BCUT2D eigenvalue weighted by Gasteiger charge is 2.52. The first-order valence-corrected chi connectivity index (χ1v) is 15.8. The number of nitrogens with zero attached hydrogens (tertiary/aromatic N) is 6. The van der Waals surface area contributed by atoms with Gasteiger partial charge in [-0.05, 0) is 97.3 Å². The van der Waals surface area contributed by atoms with Crippen LogP contribution in [0.1, 0.15) is 69.2 Å². The van der Waals surface area contributed by atoms with E-state index < -0.39 is 41.7 Å². The summed E-state index contributed by atoms with van der Waals surface area (Å²) >= 11 is 3.22. The number of hydrogen-bond donors (Lipinski definition) is 2. The first-order chi connectivity index (χ1) is 22.0. The van der Waals surface area contributed by atoms with Crippen molar-refractivity contribution in [3.63, 3.8) is 0 Å². The molecule has 0 spiro atoms. The molecule has 4 N–H and O–H groups in total. The summed E-state index contributed by atoms with van der Waals surface area (Å²) in [5.41, 5.74) is 12.6. The Labute approximate surface area is 289 Å². The molecule has 0 aliphatic carbocycles. The highest BCUT2D eigenvalue weighted by atomic mass is 79.9. The second-order valence-corrected chi connectivity index (χ2v) is 14.8. The van der Waals surface area contributed by atoms with Crippen LogP contribution in [0.5, 0.6) is 0 Å². The van der Waals surface area contributed by atoms with Gasteiger partial charge in [-0.15, -0.1) is 0 Å². The summed E-state index contributed by atoms with van der Waals surface area (Å²) in [6.07, 6.45) is 11.8. The standard InChI is InChI=1S/C14H23BN2O4.C13H16N4O2.C5H5BrN2/c1-12(2,3)19-11(18)17-9-10(8-16-17)15-20-13(4,5)14(6,7)21-15;1-13(2,3)19-12(18)17-8-10(6-16-17)9-4-11(14)7-15-5-9;6-4-1-5(7)3-8-2-4/h8-9H,1-7H3;4-8H,14H2,1-3H3;1-3H,7H2.